The average Bonchev–Trinajstić information content (AvgIpc) is 2.27. The Balaban J connectivity index is 2.46. The predicted molar refractivity (Wildman–Crippen MR) is 64.8 cm³/mol. The second-order valence-corrected chi connectivity index (χ2v) is 3.48. The fraction of sp³-hybridized carbons (Fsp3) is 0.273. The van der Waals surface area contributed by atoms with Gasteiger partial charge in [0.15, 0.2) is 5.11 Å². The molecule has 15 heavy (non-hydrogen) atoms. The zero-order chi connectivity index (χ0) is 11.1. The van der Waals surface area contributed by atoms with Gasteiger partial charge in [-0.15, -0.1) is 0 Å². The van der Waals surface area contributed by atoms with Crippen LogP contribution in [0.15, 0.2) is 30.3 Å². The molecule has 0 unspecified atom stereocenters. The van der Waals surface area contributed by atoms with E-state index in [1.165, 1.54) is 0 Å². The number of carbonyl (C=O) groups is 1. The number of hydrogen-bond donors (Lipinski definition) is 2. The molecular weight excluding hydrogens is 208 g/mol. The van der Waals surface area contributed by atoms with Crippen molar-refractivity contribution in [1.82, 2.24) is 10.6 Å². The van der Waals surface area contributed by atoms with Crippen LogP contribution in [0.2, 0.25) is 0 Å². The van der Waals surface area contributed by atoms with Gasteiger partial charge < -0.3 is 5.32 Å². The predicted octanol–water partition coefficient (Wildman–Crippen LogP) is 1.70. The summed E-state index contributed by atoms with van der Waals surface area (Å²) in [5, 5.41) is 5.93. The molecule has 0 spiro atoms. The highest BCUT2D eigenvalue weighted by Gasteiger charge is 2.05. The maximum absolute atomic E-state index is 11.6. The Morgan fingerprint density at radius 1 is 1.33 bits per heavy atom. The first-order chi connectivity index (χ1) is 7.24. The molecule has 4 heteroatoms. The highest BCUT2D eigenvalue weighted by atomic mass is 32.1. The highest BCUT2D eigenvalue weighted by Crippen LogP contribution is 1.97. The summed E-state index contributed by atoms with van der Waals surface area (Å²) in [7, 11) is 0. The first-order valence-electron chi connectivity index (χ1n) is 4.88. The van der Waals surface area contributed by atoms with Gasteiger partial charge in [-0.1, -0.05) is 25.1 Å². The second kappa shape index (κ2) is 6.14. The van der Waals surface area contributed by atoms with Crippen LogP contribution in [0.3, 0.4) is 0 Å². The summed E-state index contributed by atoms with van der Waals surface area (Å²) in [4.78, 5) is 11.6. The Kier molecular flexibility index (Phi) is 4.77. The molecule has 1 aromatic rings. The molecule has 2 N–H and O–H groups in total. The molecule has 0 heterocycles. The minimum Gasteiger partial charge on any atom is -0.362 e. The molecule has 0 saturated carbocycles. The fourth-order valence-corrected chi connectivity index (χ4v) is 1.24. The molecule has 0 saturated heterocycles. The van der Waals surface area contributed by atoms with Crippen molar-refractivity contribution in [3.63, 3.8) is 0 Å². The molecule has 0 radical (unpaired) electrons. The van der Waals surface area contributed by atoms with Gasteiger partial charge >= 0.3 is 0 Å². The molecule has 1 aromatic carbocycles. The molecule has 0 aliphatic carbocycles. The maximum atomic E-state index is 11.6. The van der Waals surface area contributed by atoms with Gasteiger partial charge in [0, 0.05) is 12.1 Å². The van der Waals surface area contributed by atoms with Gasteiger partial charge in [-0.3, -0.25) is 10.1 Å². The van der Waals surface area contributed by atoms with Gasteiger partial charge in [-0.2, -0.15) is 0 Å². The van der Waals surface area contributed by atoms with Crippen LogP contribution in [-0.4, -0.2) is 17.6 Å². The minimum atomic E-state index is -0.177. The standard InChI is InChI=1S/C11H14N2OS/c1-2-8-12-11(15)13-10(14)9-6-4-3-5-7-9/h3-7H,2,8H2,1H3,(H2,12,13,14,15). The van der Waals surface area contributed by atoms with E-state index in [1.54, 1.807) is 12.1 Å². The normalized spacial score (nSPS) is 9.40. The number of hydrogen-bond acceptors (Lipinski definition) is 2. The fourth-order valence-electron chi connectivity index (χ4n) is 1.05. The van der Waals surface area contributed by atoms with E-state index < -0.39 is 0 Å². The third-order valence-corrected chi connectivity index (χ3v) is 2.04. The molecule has 0 bridgehead atoms. The lowest BCUT2D eigenvalue weighted by molar-refractivity contribution is 0.0976. The summed E-state index contributed by atoms with van der Waals surface area (Å²) in [5.74, 6) is -0.177. The van der Waals surface area contributed by atoms with Gasteiger partial charge in [-0.05, 0) is 30.8 Å². The first-order valence-corrected chi connectivity index (χ1v) is 5.29. The monoisotopic (exact) mass is 222 g/mol. The van der Waals surface area contributed by atoms with E-state index in [-0.39, 0.29) is 5.91 Å². The van der Waals surface area contributed by atoms with E-state index in [9.17, 15) is 4.79 Å². The number of nitrogens with one attached hydrogen (secondary N) is 2. The average molecular weight is 222 g/mol. The molecule has 0 aromatic heterocycles. The Morgan fingerprint density at radius 2 is 2.00 bits per heavy atom. The number of rotatable bonds is 3. The third kappa shape index (κ3) is 4.08. The molecule has 1 amide bonds. The minimum absolute atomic E-state index is 0.177. The van der Waals surface area contributed by atoms with E-state index in [0.29, 0.717) is 10.7 Å². The maximum Gasteiger partial charge on any atom is 0.257 e. The van der Waals surface area contributed by atoms with Crippen molar-refractivity contribution in [2.45, 2.75) is 13.3 Å². The van der Waals surface area contributed by atoms with E-state index >= 15 is 0 Å². The molecule has 1 rings (SSSR count). The smallest absolute Gasteiger partial charge is 0.257 e. The van der Waals surface area contributed by atoms with Crippen molar-refractivity contribution in [3.05, 3.63) is 35.9 Å². The zero-order valence-electron chi connectivity index (χ0n) is 8.62. The lowest BCUT2D eigenvalue weighted by Crippen LogP contribution is -2.39. The number of thiocarbonyl (C=S) groups is 1. The number of carbonyl (C=O) groups excluding carboxylic acids is 1. The molecule has 3 nitrogen and oxygen atoms in total. The van der Waals surface area contributed by atoms with Crippen LogP contribution in [0.4, 0.5) is 0 Å². The van der Waals surface area contributed by atoms with Crippen LogP contribution in [0.5, 0.6) is 0 Å². The van der Waals surface area contributed by atoms with Gasteiger partial charge in [-0.25, -0.2) is 0 Å². The quantitative estimate of drug-likeness (QED) is 0.765. The van der Waals surface area contributed by atoms with E-state index in [0.717, 1.165) is 13.0 Å². The topological polar surface area (TPSA) is 41.1 Å². The number of benzene rings is 1. The third-order valence-electron chi connectivity index (χ3n) is 1.80. The van der Waals surface area contributed by atoms with Crippen molar-refractivity contribution >= 4 is 23.2 Å². The van der Waals surface area contributed by atoms with Crippen LogP contribution in [0.25, 0.3) is 0 Å². The Bertz CT molecular complexity index is 338. The first kappa shape index (κ1) is 11.7. The Labute approximate surface area is 94.9 Å². The summed E-state index contributed by atoms with van der Waals surface area (Å²) < 4.78 is 0. The van der Waals surface area contributed by atoms with E-state index in [2.05, 4.69) is 10.6 Å². The van der Waals surface area contributed by atoms with Crippen LogP contribution >= 0.6 is 12.2 Å². The molecule has 80 valence electrons. The van der Waals surface area contributed by atoms with Crippen LogP contribution < -0.4 is 10.6 Å². The molecule has 0 aliphatic rings. The summed E-state index contributed by atoms with van der Waals surface area (Å²) in [6, 6.07) is 8.99. The lowest BCUT2D eigenvalue weighted by atomic mass is 10.2. The number of amides is 1. The molecule has 0 fully saturated rings. The molecular formula is C11H14N2OS. The zero-order valence-corrected chi connectivity index (χ0v) is 9.43. The second-order valence-electron chi connectivity index (χ2n) is 3.08. The summed E-state index contributed by atoms with van der Waals surface area (Å²) >= 11 is 4.95. The lowest BCUT2D eigenvalue weighted by Gasteiger charge is -2.07. The SMILES string of the molecule is CCCNC(=S)NC(=O)c1ccccc1. The molecule has 0 atom stereocenters. The van der Waals surface area contributed by atoms with Crippen molar-refractivity contribution < 1.29 is 4.79 Å². The summed E-state index contributed by atoms with van der Waals surface area (Å²) in [5.41, 5.74) is 0.609. The van der Waals surface area contributed by atoms with E-state index in [4.69, 9.17) is 12.2 Å². The molecule has 0 aliphatic heterocycles. The highest BCUT2D eigenvalue weighted by molar-refractivity contribution is 7.80. The van der Waals surface area contributed by atoms with Crippen molar-refractivity contribution in [3.8, 4) is 0 Å². The summed E-state index contributed by atoms with van der Waals surface area (Å²) in [6.07, 6.45) is 0.974. The van der Waals surface area contributed by atoms with Gasteiger partial charge in [0.2, 0.25) is 0 Å². The summed E-state index contributed by atoms with van der Waals surface area (Å²) in [6.45, 7) is 2.81. The van der Waals surface area contributed by atoms with Crippen molar-refractivity contribution in [2.24, 2.45) is 0 Å². The van der Waals surface area contributed by atoms with Crippen LogP contribution in [-0.2, 0) is 0 Å². The van der Waals surface area contributed by atoms with Gasteiger partial charge in [0.1, 0.15) is 0 Å². The van der Waals surface area contributed by atoms with Crippen molar-refractivity contribution in [1.29, 1.82) is 0 Å². The largest absolute Gasteiger partial charge is 0.362 e. The van der Waals surface area contributed by atoms with Gasteiger partial charge in [0.25, 0.3) is 5.91 Å². The van der Waals surface area contributed by atoms with Crippen molar-refractivity contribution in [2.75, 3.05) is 6.54 Å². The Hall–Kier alpha value is -1.42. The Morgan fingerprint density at radius 3 is 2.60 bits per heavy atom. The van der Waals surface area contributed by atoms with Crippen LogP contribution in [0.1, 0.15) is 23.7 Å². The van der Waals surface area contributed by atoms with E-state index in [1.807, 2.05) is 25.1 Å². The van der Waals surface area contributed by atoms with Gasteiger partial charge in [0.05, 0.1) is 0 Å². The van der Waals surface area contributed by atoms with Crippen LogP contribution in [0, 0.1) is 0 Å².